The molecule has 0 amide bonds. The van der Waals surface area contributed by atoms with Crippen LogP contribution in [0.2, 0.25) is 0 Å². The Balaban J connectivity index is 2.50. The van der Waals surface area contributed by atoms with Crippen LogP contribution in [-0.4, -0.2) is 23.4 Å². The van der Waals surface area contributed by atoms with Gasteiger partial charge in [0.25, 0.3) is 0 Å². The summed E-state index contributed by atoms with van der Waals surface area (Å²) in [6.07, 6.45) is 0. The number of nitrogens with zero attached hydrogens (tertiary/aromatic N) is 1. The molecular weight excluding hydrogens is 229 g/mol. The van der Waals surface area contributed by atoms with Crippen molar-refractivity contribution in [2.24, 2.45) is 0 Å². The van der Waals surface area contributed by atoms with Gasteiger partial charge in [0.1, 0.15) is 8.30 Å². The van der Waals surface area contributed by atoms with E-state index in [1.165, 1.54) is 5.56 Å². The van der Waals surface area contributed by atoms with E-state index in [0.29, 0.717) is 18.7 Å². The minimum atomic E-state index is -0.513. The van der Waals surface area contributed by atoms with E-state index < -0.39 is 8.30 Å². The Kier molecular flexibility index (Phi) is 6.11. The largest absolute Gasteiger partial charge is 0.339 e. The van der Waals surface area contributed by atoms with E-state index in [2.05, 4.69) is 63.3 Å². The smallest absolute Gasteiger partial charge is 0.102 e. The van der Waals surface area contributed by atoms with Crippen LogP contribution in [0, 0.1) is 0 Å². The van der Waals surface area contributed by atoms with Gasteiger partial charge in [-0.05, 0) is 39.9 Å². The molecule has 2 nitrogen and oxygen atoms in total. The Bertz CT molecular complexity index is 305. The zero-order valence-corrected chi connectivity index (χ0v) is 12.4. The molecule has 17 heavy (non-hydrogen) atoms. The molecule has 1 aromatic rings. The van der Waals surface area contributed by atoms with Crippen molar-refractivity contribution in [2.75, 3.05) is 6.66 Å². The molecular formula is C14H24NOP. The maximum Gasteiger partial charge on any atom is 0.102 e. The van der Waals surface area contributed by atoms with Crippen molar-refractivity contribution >= 4 is 8.30 Å². The molecule has 0 radical (unpaired) electrons. The van der Waals surface area contributed by atoms with Crippen molar-refractivity contribution in [3.63, 3.8) is 0 Å². The Hall–Kier alpha value is -0.430. The van der Waals surface area contributed by atoms with Gasteiger partial charge in [0.15, 0.2) is 0 Å². The molecule has 0 aromatic heterocycles. The van der Waals surface area contributed by atoms with Crippen LogP contribution >= 0.6 is 8.30 Å². The first kappa shape index (κ1) is 14.6. The van der Waals surface area contributed by atoms with Gasteiger partial charge in [-0.15, -0.1) is 0 Å². The average molecular weight is 253 g/mol. The standard InChI is InChI=1S/C14H24NOP/c1-12(2)15(13(3)4)17(5)16-11-14-9-7-6-8-10-14/h6-10,12-13H,11H2,1-5H3/t17-/m1/s1. The molecule has 0 N–H and O–H groups in total. The molecule has 1 rings (SSSR count). The molecule has 0 fully saturated rings. The summed E-state index contributed by atoms with van der Waals surface area (Å²) in [4.78, 5) is 0. The van der Waals surface area contributed by atoms with Crippen LogP contribution in [0.4, 0.5) is 0 Å². The summed E-state index contributed by atoms with van der Waals surface area (Å²) in [5.74, 6) is 0. The molecule has 3 heteroatoms. The lowest BCUT2D eigenvalue weighted by molar-refractivity contribution is 0.250. The van der Waals surface area contributed by atoms with Gasteiger partial charge in [-0.3, -0.25) is 4.67 Å². The lowest BCUT2D eigenvalue weighted by Gasteiger charge is -2.35. The Morgan fingerprint density at radius 1 is 1.06 bits per heavy atom. The summed E-state index contributed by atoms with van der Waals surface area (Å²) in [7, 11) is -0.513. The molecule has 0 spiro atoms. The van der Waals surface area contributed by atoms with Crippen LogP contribution < -0.4 is 0 Å². The monoisotopic (exact) mass is 253 g/mol. The fourth-order valence-electron chi connectivity index (χ4n) is 2.06. The second kappa shape index (κ2) is 7.10. The highest BCUT2D eigenvalue weighted by Crippen LogP contribution is 2.41. The van der Waals surface area contributed by atoms with Gasteiger partial charge in [0.05, 0.1) is 6.61 Å². The predicted octanol–water partition coefficient (Wildman–Crippen LogP) is 4.26. The van der Waals surface area contributed by atoms with Gasteiger partial charge < -0.3 is 4.52 Å². The SMILES string of the molecule is CC(C)N(C(C)C)[P@@](C)OCc1ccccc1. The van der Waals surface area contributed by atoms with E-state index in [1.807, 2.05) is 6.07 Å². The summed E-state index contributed by atoms with van der Waals surface area (Å²) in [6, 6.07) is 11.4. The van der Waals surface area contributed by atoms with Gasteiger partial charge in [-0.2, -0.15) is 0 Å². The Morgan fingerprint density at radius 3 is 2.06 bits per heavy atom. The van der Waals surface area contributed by atoms with E-state index in [1.54, 1.807) is 0 Å². The Morgan fingerprint density at radius 2 is 1.59 bits per heavy atom. The molecule has 0 unspecified atom stereocenters. The first-order chi connectivity index (χ1) is 8.02. The summed E-state index contributed by atoms with van der Waals surface area (Å²) >= 11 is 0. The predicted molar refractivity (Wildman–Crippen MR) is 76.2 cm³/mol. The third kappa shape index (κ3) is 4.75. The second-order valence-electron chi connectivity index (χ2n) is 4.79. The van der Waals surface area contributed by atoms with Gasteiger partial charge in [-0.25, -0.2) is 0 Å². The summed E-state index contributed by atoms with van der Waals surface area (Å²) < 4.78 is 8.45. The lowest BCUT2D eigenvalue weighted by atomic mass is 10.2. The third-order valence-corrected chi connectivity index (χ3v) is 4.72. The molecule has 0 aliphatic heterocycles. The van der Waals surface area contributed by atoms with Crippen LogP contribution in [-0.2, 0) is 11.1 Å². The van der Waals surface area contributed by atoms with Gasteiger partial charge in [0.2, 0.25) is 0 Å². The highest BCUT2D eigenvalue weighted by atomic mass is 31.2. The normalized spacial score (nSPS) is 13.6. The molecule has 0 aliphatic rings. The van der Waals surface area contributed by atoms with Crippen LogP contribution in [0.1, 0.15) is 33.3 Å². The highest BCUT2D eigenvalue weighted by molar-refractivity contribution is 7.49. The van der Waals surface area contributed by atoms with Crippen molar-refractivity contribution < 1.29 is 4.52 Å². The van der Waals surface area contributed by atoms with E-state index in [0.717, 1.165) is 0 Å². The second-order valence-corrected chi connectivity index (χ2v) is 6.44. The van der Waals surface area contributed by atoms with E-state index in [-0.39, 0.29) is 0 Å². The van der Waals surface area contributed by atoms with Crippen LogP contribution in [0.15, 0.2) is 30.3 Å². The maximum atomic E-state index is 6.00. The van der Waals surface area contributed by atoms with Crippen LogP contribution in [0.25, 0.3) is 0 Å². The van der Waals surface area contributed by atoms with Crippen LogP contribution in [0.5, 0.6) is 0 Å². The molecule has 0 saturated carbocycles. The number of hydrogen-bond donors (Lipinski definition) is 0. The molecule has 96 valence electrons. The molecule has 0 heterocycles. The van der Waals surface area contributed by atoms with Crippen LogP contribution in [0.3, 0.4) is 0 Å². The molecule has 1 atom stereocenters. The van der Waals surface area contributed by atoms with Gasteiger partial charge in [0, 0.05) is 12.1 Å². The third-order valence-electron chi connectivity index (χ3n) is 2.64. The van der Waals surface area contributed by atoms with Crippen molar-refractivity contribution in [2.45, 2.75) is 46.4 Å². The Labute approximate surface area is 107 Å². The summed E-state index contributed by atoms with van der Waals surface area (Å²) in [6.45, 7) is 11.8. The average Bonchev–Trinajstić information content (AvgIpc) is 2.27. The zero-order valence-electron chi connectivity index (χ0n) is 11.6. The quantitative estimate of drug-likeness (QED) is 0.702. The van der Waals surface area contributed by atoms with E-state index >= 15 is 0 Å². The zero-order chi connectivity index (χ0) is 12.8. The fourth-order valence-corrected chi connectivity index (χ4v) is 3.83. The minimum Gasteiger partial charge on any atom is -0.339 e. The molecule has 0 aliphatic carbocycles. The topological polar surface area (TPSA) is 12.5 Å². The van der Waals surface area contributed by atoms with E-state index in [4.69, 9.17) is 4.52 Å². The molecule has 0 bridgehead atoms. The molecule has 1 aromatic carbocycles. The minimum absolute atomic E-state index is 0.513. The first-order valence-electron chi connectivity index (χ1n) is 6.21. The van der Waals surface area contributed by atoms with Crippen molar-refractivity contribution in [1.29, 1.82) is 0 Å². The van der Waals surface area contributed by atoms with Crippen molar-refractivity contribution in [1.82, 2.24) is 4.67 Å². The molecule has 0 saturated heterocycles. The van der Waals surface area contributed by atoms with Crippen molar-refractivity contribution in [3.05, 3.63) is 35.9 Å². The first-order valence-corrected chi connectivity index (χ1v) is 7.87. The van der Waals surface area contributed by atoms with Gasteiger partial charge >= 0.3 is 0 Å². The fraction of sp³-hybridized carbons (Fsp3) is 0.571. The number of rotatable bonds is 6. The number of benzene rings is 1. The summed E-state index contributed by atoms with van der Waals surface area (Å²) in [5, 5.41) is 0. The maximum absolute atomic E-state index is 6.00. The number of hydrogen-bond acceptors (Lipinski definition) is 2. The van der Waals surface area contributed by atoms with Gasteiger partial charge in [-0.1, -0.05) is 30.3 Å². The highest BCUT2D eigenvalue weighted by Gasteiger charge is 2.20. The van der Waals surface area contributed by atoms with E-state index in [9.17, 15) is 0 Å². The summed E-state index contributed by atoms with van der Waals surface area (Å²) in [5.41, 5.74) is 1.24. The van der Waals surface area contributed by atoms with Crippen molar-refractivity contribution in [3.8, 4) is 0 Å². The lowest BCUT2D eigenvalue weighted by Crippen LogP contribution is -2.32.